The fourth-order valence-corrected chi connectivity index (χ4v) is 12.2. The molecule has 0 fully saturated rings. The Morgan fingerprint density at radius 2 is 0.602 bits per heavy atom. The van der Waals surface area contributed by atoms with E-state index in [0.717, 1.165) is 44.9 Å². The summed E-state index contributed by atoms with van der Waals surface area (Å²) in [5.41, 5.74) is 0. The van der Waals surface area contributed by atoms with Crippen LogP contribution >= 0.6 is 0 Å². The fraction of sp³-hybridized carbons (Fsp3) is 0.922. The number of unbranched alkanes of at least 4 members (excludes halogenated alkanes) is 57. The molecule has 0 saturated heterocycles. The predicted octanol–water partition coefficient (Wildman–Crippen LogP) is 24.9. The number of esters is 1. The van der Waals surface area contributed by atoms with Gasteiger partial charge in [0, 0.05) is 12.8 Å². The summed E-state index contributed by atoms with van der Waals surface area (Å²) in [7, 11) is 0. The van der Waals surface area contributed by atoms with Gasteiger partial charge in [-0.05, 0) is 57.8 Å². The Kier molecular flexibility index (Phi) is 71.4. The fourth-order valence-electron chi connectivity index (χ4n) is 12.2. The van der Waals surface area contributed by atoms with Crippen LogP contribution in [0.3, 0.4) is 0 Å². The average molecular weight is 1170 g/mol. The van der Waals surface area contributed by atoms with Crippen LogP contribution in [0.1, 0.15) is 431 Å². The van der Waals surface area contributed by atoms with E-state index in [1.165, 1.54) is 353 Å². The minimum absolute atomic E-state index is 0.0191. The molecule has 0 aromatic carbocycles. The van der Waals surface area contributed by atoms with Gasteiger partial charge in [0.25, 0.3) is 0 Å². The average Bonchev–Trinajstić information content (AvgIpc) is 3.50. The zero-order valence-corrected chi connectivity index (χ0v) is 56.5. The Labute approximate surface area is 520 Å². The summed E-state index contributed by atoms with van der Waals surface area (Å²) in [6.45, 7) is 4.99. The van der Waals surface area contributed by atoms with Crippen molar-refractivity contribution in [1.82, 2.24) is 5.32 Å². The zero-order valence-electron chi connectivity index (χ0n) is 56.5. The van der Waals surface area contributed by atoms with Crippen molar-refractivity contribution < 1.29 is 24.5 Å². The number of aliphatic hydroxyl groups is 2. The summed E-state index contributed by atoms with van der Waals surface area (Å²) < 4.78 is 5.48. The third-order valence-corrected chi connectivity index (χ3v) is 18.0. The van der Waals surface area contributed by atoms with Crippen LogP contribution in [-0.2, 0) is 14.3 Å². The lowest BCUT2D eigenvalue weighted by atomic mass is 10.0. The summed E-state index contributed by atoms with van der Waals surface area (Å²) in [6.07, 6.45) is 92.6. The molecular formula is C77H149NO5. The first-order valence-electron chi connectivity index (χ1n) is 38.1. The summed E-state index contributed by atoms with van der Waals surface area (Å²) in [6, 6.07) is -0.539. The quantitative estimate of drug-likeness (QED) is 0.0320. The van der Waals surface area contributed by atoms with Crippen LogP contribution in [-0.4, -0.2) is 47.4 Å². The second kappa shape index (κ2) is 72.8. The maximum atomic E-state index is 12.5. The van der Waals surface area contributed by atoms with Gasteiger partial charge in [0.1, 0.15) is 0 Å². The van der Waals surface area contributed by atoms with Crippen molar-refractivity contribution in [3.05, 3.63) is 24.3 Å². The number of allylic oxidation sites excluding steroid dienone is 4. The molecule has 2 atom stereocenters. The number of aliphatic hydroxyl groups excluding tert-OH is 2. The van der Waals surface area contributed by atoms with Crippen molar-refractivity contribution in [1.29, 1.82) is 0 Å². The minimum Gasteiger partial charge on any atom is -0.466 e. The van der Waals surface area contributed by atoms with E-state index in [1.54, 1.807) is 0 Å². The number of ether oxygens (including phenoxy) is 1. The van der Waals surface area contributed by atoms with Crippen molar-refractivity contribution in [2.24, 2.45) is 0 Å². The molecule has 492 valence electrons. The normalized spacial score (nSPS) is 12.6. The molecule has 0 heterocycles. The molecule has 6 nitrogen and oxygen atoms in total. The van der Waals surface area contributed by atoms with Crippen molar-refractivity contribution in [2.45, 2.75) is 443 Å². The first-order valence-corrected chi connectivity index (χ1v) is 38.1. The van der Waals surface area contributed by atoms with Crippen LogP contribution < -0.4 is 5.32 Å². The van der Waals surface area contributed by atoms with Gasteiger partial charge in [-0.2, -0.15) is 0 Å². The molecule has 0 aromatic heterocycles. The molecule has 0 rings (SSSR count). The van der Waals surface area contributed by atoms with Crippen molar-refractivity contribution >= 4 is 11.9 Å². The highest BCUT2D eigenvalue weighted by Gasteiger charge is 2.20. The number of hydrogen-bond donors (Lipinski definition) is 3. The van der Waals surface area contributed by atoms with Crippen LogP contribution in [0.25, 0.3) is 0 Å². The van der Waals surface area contributed by atoms with E-state index in [9.17, 15) is 19.8 Å². The third kappa shape index (κ3) is 69.3. The van der Waals surface area contributed by atoms with E-state index >= 15 is 0 Å². The molecule has 0 aliphatic heterocycles. The van der Waals surface area contributed by atoms with E-state index in [1.807, 2.05) is 0 Å². The third-order valence-electron chi connectivity index (χ3n) is 18.0. The van der Waals surface area contributed by atoms with Gasteiger partial charge in [-0.1, -0.05) is 385 Å². The summed E-state index contributed by atoms with van der Waals surface area (Å²) in [5, 5.41) is 23.4. The Hall–Kier alpha value is -1.66. The Morgan fingerprint density at radius 3 is 0.916 bits per heavy atom. The van der Waals surface area contributed by atoms with Crippen molar-refractivity contribution in [3.63, 3.8) is 0 Å². The largest absolute Gasteiger partial charge is 0.466 e. The lowest BCUT2D eigenvalue weighted by molar-refractivity contribution is -0.143. The molecule has 0 bridgehead atoms. The monoisotopic (exact) mass is 1170 g/mol. The summed E-state index contributed by atoms with van der Waals surface area (Å²) in [5.74, 6) is -0.00870. The maximum absolute atomic E-state index is 12.5. The van der Waals surface area contributed by atoms with Crippen LogP contribution in [0.4, 0.5) is 0 Å². The van der Waals surface area contributed by atoms with E-state index in [4.69, 9.17) is 4.74 Å². The molecule has 0 aliphatic carbocycles. The Bertz CT molecular complexity index is 1300. The zero-order chi connectivity index (χ0) is 59.9. The highest BCUT2D eigenvalue weighted by molar-refractivity contribution is 5.76. The van der Waals surface area contributed by atoms with Gasteiger partial charge in [0.15, 0.2) is 0 Å². The molecule has 0 aromatic rings. The topological polar surface area (TPSA) is 95.9 Å². The molecule has 0 saturated carbocycles. The molecule has 1 amide bonds. The molecule has 2 unspecified atom stereocenters. The minimum atomic E-state index is -0.662. The first-order chi connectivity index (χ1) is 41.0. The lowest BCUT2D eigenvalue weighted by Crippen LogP contribution is -2.45. The molecule has 0 radical (unpaired) electrons. The standard InChI is InChI=1S/C77H149NO5/c1-3-5-7-9-11-13-15-16-17-18-40-43-46-50-53-57-61-65-69-75(80)74(73-79)78-76(81)70-66-62-58-54-51-47-44-41-38-36-34-32-30-28-26-24-22-20-19-21-23-25-27-29-31-33-35-37-39-42-45-48-52-56-60-64-68-72-83-77(82)71-67-63-59-55-49-14-12-10-8-6-4-2/h19,21,25,27,74-75,79-80H,3-18,20,22-24,26,28-73H2,1-2H3,(H,78,81)/b21-19-,27-25-. The van der Waals surface area contributed by atoms with E-state index in [-0.39, 0.29) is 18.5 Å². The second-order valence-corrected chi connectivity index (χ2v) is 26.3. The molecule has 0 spiro atoms. The van der Waals surface area contributed by atoms with Gasteiger partial charge >= 0.3 is 5.97 Å². The van der Waals surface area contributed by atoms with E-state index in [2.05, 4.69) is 43.5 Å². The maximum Gasteiger partial charge on any atom is 0.305 e. The SMILES string of the molecule is CCCCCCCCCCCCCCCCCCCCC(O)C(CO)NC(=O)CCCCCCCCCCCCCCCCCCC/C=C\C/C=C\CCCCCCCCCCCCCCCOC(=O)CCCCCCCCCCCCC. The highest BCUT2D eigenvalue weighted by Crippen LogP contribution is 2.20. The smallest absolute Gasteiger partial charge is 0.305 e. The summed E-state index contributed by atoms with van der Waals surface area (Å²) in [4.78, 5) is 24.6. The Morgan fingerprint density at radius 1 is 0.337 bits per heavy atom. The van der Waals surface area contributed by atoms with Crippen molar-refractivity contribution in [3.8, 4) is 0 Å². The number of amides is 1. The van der Waals surface area contributed by atoms with Crippen molar-refractivity contribution in [2.75, 3.05) is 13.2 Å². The van der Waals surface area contributed by atoms with Gasteiger partial charge in [-0.3, -0.25) is 9.59 Å². The van der Waals surface area contributed by atoms with Gasteiger partial charge in [0.05, 0.1) is 25.4 Å². The first kappa shape index (κ1) is 81.3. The van der Waals surface area contributed by atoms with Gasteiger partial charge in [0.2, 0.25) is 5.91 Å². The molecule has 3 N–H and O–H groups in total. The summed E-state index contributed by atoms with van der Waals surface area (Å²) >= 11 is 0. The van der Waals surface area contributed by atoms with Crippen LogP contribution in [0.2, 0.25) is 0 Å². The van der Waals surface area contributed by atoms with E-state index in [0.29, 0.717) is 25.9 Å². The van der Waals surface area contributed by atoms with Crippen LogP contribution in [0, 0.1) is 0 Å². The number of carbonyl (C=O) groups excluding carboxylic acids is 2. The van der Waals surface area contributed by atoms with Gasteiger partial charge in [-0.15, -0.1) is 0 Å². The van der Waals surface area contributed by atoms with Gasteiger partial charge < -0.3 is 20.3 Å². The Balaban J connectivity index is 3.36. The number of hydrogen-bond acceptors (Lipinski definition) is 5. The molecule has 83 heavy (non-hydrogen) atoms. The van der Waals surface area contributed by atoms with Crippen LogP contribution in [0.5, 0.6) is 0 Å². The lowest BCUT2D eigenvalue weighted by Gasteiger charge is -2.22. The highest BCUT2D eigenvalue weighted by atomic mass is 16.5. The number of rotatable bonds is 72. The molecular weight excluding hydrogens is 1020 g/mol. The van der Waals surface area contributed by atoms with Crippen LogP contribution in [0.15, 0.2) is 24.3 Å². The number of nitrogens with one attached hydrogen (secondary N) is 1. The predicted molar refractivity (Wildman–Crippen MR) is 366 cm³/mol. The number of carbonyl (C=O) groups is 2. The molecule has 6 heteroatoms. The van der Waals surface area contributed by atoms with Gasteiger partial charge in [-0.25, -0.2) is 0 Å². The second-order valence-electron chi connectivity index (χ2n) is 26.3. The van der Waals surface area contributed by atoms with E-state index < -0.39 is 12.1 Å². The molecule has 0 aliphatic rings.